The predicted molar refractivity (Wildman–Crippen MR) is 92.5 cm³/mol. The molecular weight excluding hydrogens is 326 g/mol. The van der Waals surface area contributed by atoms with Crippen LogP contribution in [0.3, 0.4) is 0 Å². The maximum absolute atomic E-state index is 4.41. The number of anilines is 1. The van der Waals surface area contributed by atoms with Crippen molar-refractivity contribution in [2.24, 2.45) is 0 Å². The number of aromatic nitrogens is 1. The molecule has 2 rings (SSSR count). The van der Waals surface area contributed by atoms with Crippen LogP contribution < -0.4 is 10.2 Å². The minimum absolute atomic E-state index is 0.830. The van der Waals surface area contributed by atoms with E-state index in [0.29, 0.717) is 0 Å². The van der Waals surface area contributed by atoms with E-state index < -0.39 is 0 Å². The molecule has 0 saturated heterocycles. The van der Waals surface area contributed by atoms with Crippen LogP contribution in [-0.2, 0) is 13.1 Å². The zero-order valence-corrected chi connectivity index (χ0v) is 14.2. The number of nitrogens with zero attached hydrogens (tertiary/aromatic N) is 2. The first kappa shape index (κ1) is 16.0. The number of benzene rings is 1. The van der Waals surface area contributed by atoms with Gasteiger partial charge in [-0.2, -0.15) is 0 Å². The number of rotatable bonds is 7. The van der Waals surface area contributed by atoms with Gasteiger partial charge in [-0.25, -0.2) is 0 Å². The molecule has 0 saturated carbocycles. The lowest BCUT2D eigenvalue weighted by atomic mass is 10.2. The van der Waals surface area contributed by atoms with Gasteiger partial charge in [0, 0.05) is 29.4 Å². The molecule has 0 radical (unpaired) electrons. The summed E-state index contributed by atoms with van der Waals surface area (Å²) in [6.45, 7) is 7.95. The first-order chi connectivity index (χ1) is 10.2. The number of nitrogens with one attached hydrogen (secondary N) is 1. The molecule has 0 amide bonds. The lowest BCUT2D eigenvalue weighted by Crippen LogP contribution is -2.22. The summed E-state index contributed by atoms with van der Waals surface area (Å²) < 4.78 is 1.15. The maximum atomic E-state index is 4.41. The number of halogens is 1. The average molecular weight is 348 g/mol. The van der Waals surface area contributed by atoms with Crippen LogP contribution in [0.15, 0.2) is 47.1 Å². The zero-order chi connectivity index (χ0) is 15.1. The Morgan fingerprint density at radius 3 is 2.67 bits per heavy atom. The minimum atomic E-state index is 0.830. The molecule has 112 valence electrons. The highest BCUT2D eigenvalue weighted by atomic mass is 79.9. The first-order valence-corrected chi connectivity index (χ1v) is 8.17. The molecule has 2 aromatic rings. The summed E-state index contributed by atoms with van der Waals surface area (Å²) in [6, 6.07) is 12.6. The van der Waals surface area contributed by atoms with Crippen LogP contribution in [0, 0.1) is 0 Å². The summed E-state index contributed by atoms with van der Waals surface area (Å²) in [4.78, 5) is 6.73. The summed E-state index contributed by atoms with van der Waals surface area (Å²) in [5, 5.41) is 3.35. The molecule has 1 heterocycles. The molecule has 0 atom stereocenters. The lowest BCUT2D eigenvalue weighted by molar-refractivity contribution is 0.724. The van der Waals surface area contributed by atoms with Crippen molar-refractivity contribution in [1.82, 2.24) is 10.3 Å². The first-order valence-electron chi connectivity index (χ1n) is 7.38. The Labute approximate surface area is 135 Å². The molecule has 4 heteroatoms. The Kier molecular flexibility index (Phi) is 6.21. The van der Waals surface area contributed by atoms with Crippen molar-refractivity contribution >= 4 is 21.6 Å². The van der Waals surface area contributed by atoms with Gasteiger partial charge in [0.2, 0.25) is 0 Å². The molecule has 1 aromatic carbocycles. The molecule has 0 aliphatic rings. The largest absolute Gasteiger partial charge is 0.366 e. The Balaban J connectivity index is 2.13. The van der Waals surface area contributed by atoms with Gasteiger partial charge in [-0.3, -0.25) is 4.98 Å². The van der Waals surface area contributed by atoms with E-state index in [-0.39, 0.29) is 0 Å². The summed E-state index contributed by atoms with van der Waals surface area (Å²) in [6.07, 6.45) is 1.85. The van der Waals surface area contributed by atoms with Gasteiger partial charge >= 0.3 is 0 Å². The second-order valence-electron chi connectivity index (χ2n) is 4.89. The van der Waals surface area contributed by atoms with Gasteiger partial charge in [-0.05, 0) is 43.3 Å². The van der Waals surface area contributed by atoms with Crippen LogP contribution in [0.25, 0.3) is 0 Å². The molecule has 21 heavy (non-hydrogen) atoms. The van der Waals surface area contributed by atoms with Crippen molar-refractivity contribution in [3.05, 3.63) is 58.3 Å². The van der Waals surface area contributed by atoms with Crippen molar-refractivity contribution in [3.63, 3.8) is 0 Å². The molecular formula is C17H22BrN3. The van der Waals surface area contributed by atoms with Gasteiger partial charge in [0.15, 0.2) is 0 Å². The van der Waals surface area contributed by atoms with E-state index in [1.165, 1.54) is 11.3 Å². The SMILES string of the molecule is CCNCc1ccc(N(CC)Cc2ccccn2)cc1Br. The molecule has 0 aliphatic carbocycles. The van der Waals surface area contributed by atoms with Crippen LogP contribution in [0.1, 0.15) is 25.1 Å². The summed E-state index contributed by atoms with van der Waals surface area (Å²) in [5.41, 5.74) is 3.59. The molecule has 0 spiro atoms. The highest BCUT2D eigenvalue weighted by Crippen LogP contribution is 2.25. The van der Waals surface area contributed by atoms with Gasteiger partial charge in [0.05, 0.1) is 12.2 Å². The van der Waals surface area contributed by atoms with E-state index >= 15 is 0 Å². The molecule has 0 unspecified atom stereocenters. The van der Waals surface area contributed by atoms with Crippen LogP contribution >= 0.6 is 15.9 Å². The highest BCUT2D eigenvalue weighted by Gasteiger charge is 2.08. The van der Waals surface area contributed by atoms with Gasteiger partial charge < -0.3 is 10.2 Å². The summed E-state index contributed by atoms with van der Waals surface area (Å²) >= 11 is 3.68. The van der Waals surface area contributed by atoms with Crippen LogP contribution in [0.2, 0.25) is 0 Å². The van der Waals surface area contributed by atoms with E-state index in [1.54, 1.807) is 0 Å². The Morgan fingerprint density at radius 1 is 1.19 bits per heavy atom. The van der Waals surface area contributed by atoms with Crippen molar-refractivity contribution < 1.29 is 0 Å². The van der Waals surface area contributed by atoms with E-state index in [1.807, 2.05) is 18.3 Å². The second-order valence-corrected chi connectivity index (χ2v) is 5.75. The highest BCUT2D eigenvalue weighted by molar-refractivity contribution is 9.10. The quantitative estimate of drug-likeness (QED) is 0.820. The van der Waals surface area contributed by atoms with E-state index in [0.717, 1.165) is 36.3 Å². The van der Waals surface area contributed by atoms with E-state index in [9.17, 15) is 0 Å². The van der Waals surface area contributed by atoms with E-state index in [4.69, 9.17) is 0 Å². The molecule has 0 fully saturated rings. The minimum Gasteiger partial charge on any atom is -0.366 e. The Bertz CT molecular complexity index is 557. The topological polar surface area (TPSA) is 28.2 Å². The number of hydrogen-bond donors (Lipinski definition) is 1. The second kappa shape index (κ2) is 8.15. The van der Waals surface area contributed by atoms with Crippen LogP contribution in [0.5, 0.6) is 0 Å². The fraction of sp³-hybridized carbons (Fsp3) is 0.353. The molecule has 1 aromatic heterocycles. The van der Waals surface area contributed by atoms with Crippen molar-refractivity contribution in [2.45, 2.75) is 26.9 Å². The molecule has 1 N–H and O–H groups in total. The third-order valence-electron chi connectivity index (χ3n) is 3.43. The van der Waals surface area contributed by atoms with Crippen molar-refractivity contribution in [3.8, 4) is 0 Å². The van der Waals surface area contributed by atoms with Crippen LogP contribution in [0.4, 0.5) is 5.69 Å². The molecule has 0 bridgehead atoms. The number of pyridine rings is 1. The van der Waals surface area contributed by atoms with Gasteiger partial charge in [0.1, 0.15) is 0 Å². The Hall–Kier alpha value is -1.39. The van der Waals surface area contributed by atoms with Gasteiger partial charge in [0.25, 0.3) is 0 Å². The third kappa shape index (κ3) is 4.55. The fourth-order valence-corrected chi connectivity index (χ4v) is 2.72. The lowest BCUT2D eigenvalue weighted by Gasteiger charge is -2.23. The molecule has 0 aliphatic heterocycles. The summed E-state index contributed by atoms with van der Waals surface area (Å²) in [7, 11) is 0. The number of hydrogen-bond acceptors (Lipinski definition) is 3. The van der Waals surface area contributed by atoms with Crippen molar-refractivity contribution in [1.29, 1.82) is 0 Å². The summed E-state index contributed by atoms with van der Waals surface area (Å²) in [5.74, 6) is 0. The van der Waals surface area contributed by atoms with Gasteiger partial charge in [-0.15, -0.1) is 0 Å². The monoisotopic (exact) mass is 347 g/mol. The maximum Gasteiger partial charge on any atom is 0.0601 e. The normalized spacial score (nSPS) is 10.6. The molecule has 3 nitrogen and oxygen atoms in total. The predicted octanol–water partition coefficient (Wildman–Crippen LogP) is 3.98. The van der Waals surface area contributed by atoms with E-state index in [2.05, 4.69) is 69.2 Å². The van der Waals surface area contributed by atoms with Gasteiger partial charge in [-0.1, -0.05) is 35.0 Å². The third-order valence-corrected chi connectivity index (χ3v) is 4.17. The fourth-order valence-electron chi connectivity index (χ4n) is 2.21. The van der Waals surface area contributed by atoms with Crippen molar-refractivity contribution in [2.75, 3.05) is 18.0 Å². The Morgan fingerprint density at radius 2 is 2.05 bits per heavy atom. The smallest absolute Gasteiger partial charge is 0.0601 e. The van der Waals surface area contributed by atoms with Crippen LogP contribution in [-0.4, -0.2) is 18.1 Å². The average Bonchev–Trinajstić information content (AvgIpc) is 2.52. The zero-order valence-electron chi connectivity index (χ0n) is 12.6. The standard InChI is InChI=1S/C17H22BrN3/c1-3-19-12-14-8-9-16(11-17(14)18)21(4-2)13-15-7-5-6-10-20-15/h5-11,19H,3-4,12-13H2,1-2H3.